The van der Waals surface area contributed by atoms with Gasteiger partial charge in [0.05, 0.1) is 5.69 Å². The van der Waals surface area contributed by atoms with Crippen molar-refractivity contribution in [3.63, 3.8) is 0 Å². The maximum absolute atomic E-state index is 8.92. The van der Waals surface area contributed by atoms with Crippen molar-refractivity contribution >= 4 is 0 Å². The normalized spacial score (nSPS) is 12.4. The van der Waals surface area contributed by atoms with E-state index in [2.05, 4.69) is 38.1 Å². The Bertz CT molecular complexity index is 318. The molecule has 0 bridgehead atoms. The SMILES string of the molecule is CC(C)n1ccc(CNC(C)(C)CCO)n1. The number of aliphatic hydroxyl groups excluding tert-OH is 1. The molecule has 4 nitrogen and oxygen atoms in total. The number of nitrogens with zero attached hydrogens (tertiary/aromatic N) is 2. The van der Waals surface area contributed by atoms with E-state index in [-0.39, 0.29) is 12.1 Å². The first kappa shape index (κ1) is 13.2. The molecule has 92 valence electrons. The highest BCUT2D eigenvalue weighted by molar-refractivity contribution is 5.00. The van der Waals surface area contributed by atoms with Crippen molar-refractivity contribution in [2.24, 2.45) is 0 Å². The summed E-state index contributed by atoms with van der Waals surface area (Å²) in [5, 5.41) is 16.8. The minimum Gasteiger partial charge on any atom is -0.396 e. The first-order valence-electron chi connectivity index (χ1n) is 5.84. The summed E-state index contributed by atoms with van der Waals surface area (Å²) in [4.78, 5) is 0. The summed E-state index contributed by atoms with van der Waals surface area (Å²) < 4.78 is 1.95. The predicted octanol–water partition coefficient (Wildman–Crippen LogP) is 1.71. The van der Waals surface area contributed by atoms with Crippen LogP contribution in [0.4, 0.5) is 0 Å². The molecule has 1 rings (SSSR count). The van der Waals surface area contributed by atoms with Gasteiger partial charge in [0, 0.05) is 30.9 Å². The Morgan fingerprint density at radius 3 is 2.69 bits per heavy atom. The molecular weight excluding hydrogens is 202 g/mol. The lowest BCUT2D eigenvalue weighted by atomic mass is 10.0. The largest absolute Gasteiger partial charge is 0.396 e. The Morgan fingerprint density at radius 1 is 1.50 bits per heavy atom. The second-order valence-electron chi connectivity index (χ2n) is 5.09. The first-order valence-corrected chi connectivity index (χ1v) is 5.84. The van der Waals surface area contributed by atoms with Crippen molar-refractivity contribution in [2.45, 2.75) is 52.2 Å². The fourth-order valence-electron chi connectivity index (χ4n) is 1.46. The Balaban J connectivity index is 2.48. The molecule has 1 aromatic heterocycles. The third kappa shape index (κ3) is 3.94. The maximum Gasteiger partial charge on any atom is 0.0762 e. The fraction of sp³-hybridized carbons (Fsp3) is 0.750. The van der Waals surface area contributed by atoms with Crippen molar-refractivity contribution < 1.29 is 5.11 Å². The van der Waals surface area contributed by atoms with Crippen molar-refractivity contribution in [1.29, 1.82) is 0 Å². The van der Waals surface area contributed by atoms with Crippen LogP contribution >= 0.6 is 0 Å². The molecular formula is C12H23N3O. The number of hydrogen-bond donors (Lipinski definition) is 2. The van der Waals surface area contributed by atoms with Gasteiger partial charge in [-0.25, -0.2) is 0 Å². The highest BCUT2D eigenvalue weighted by Crippen LogP contribution is 2.09. The van der Waals surface area contributed by atoms with Gasteiger partial charge in [-0.2, -0.15) is 5.10 Å². The molecule has 0 amide bonds. The Labute approximate surface area is 97.7 Å². The molecule has 0 unspecified atom stereocenters. The van der Waals surface area contributed by atoms with Gasteiger partial charge >= 0.3 is 0 Å². The lowest BCUT2D eigenvalue weighted by Crippen LogP contribution is -2.39. The van der Waals surface area contributed by atoms with E-state index in [4.69, 9.17) is 5.11 Å². The Morgan fingerprint density at radius 2 is 2.19 bits per heavy atom. The highest BCUT2D eigenvalue weighted by atomic mass is 16.3. The van der Waals surface area contributed by atoms with E-state index in [1.807, 2.05) is 16.9 Å². The summed E-state index contributed by atoms with van der Waals surface area (Å²) in [5.41, 5.74) is 0.996. The lowest BCUT2D eigenvalue weighted by Gasteiger charge is -2.24. The van der Waals surface area contributed by atoms with Crippen LogP contribution in [0.5, 0.6) is 0 Å². The van der Waals surface area contributed by atoms with E-state index in [1.165, 1.54) is 0 Å². The van der Waals surface area contributed by atoms with Crippen LogP contribution in [0, 0.1) is 0 Å². The molecule has 0 aromatic carbocycles. The van der Waals surface area contributed by atoms with E-state index in [1.54, 1.807) is 0 Å². The summed E-state index contributed by atoms with van der Waals surface area (Å²) in [6.45, 7) is 9.35. The standard InChI is InChI=1S/C12H23N3O/c1-10(2)15-7-5-11(14-15)9-13-12(3,4)6-8-16/h5,7,10,13,16H,6,8-9H2,1-4H3. The molecule has 0 radical (unpaired) electrons. The number of rotatable bonds is 6. The van der Waals surface area contributed by atoms with Crippen LogP contribution in [0.1, 0.15) is 45.9 Å². The third-order valence-corrected chi connectivity index (χ3v) is 2.68. The third-order valence-electron chi connectivity index (χ3n) is 2.68. The van der Waals surface area contributed by atoms with E-state index in [0.717, 1.165) is 18.7 Å². The van der Waals surface area contributed by atoms with Crippen LogP contribution in [0.15, 0.2) is 12.3 Å². The minimum atomic E-state index is -0.0453. The van der Waals surface area contributed by atoms with E-state index < -0.39 is 0 Å². The monoisotopic (exact) mass is 225 g/mol. The van der Waals surface area contributed by atoms with E-state index >= 15 is 0 Å². The zero-order chi connectivity index (χ0) is 12.2. The quantitative estimate of drug-likeness (QED) is 0.775. The Kier molecular flexibility index (Phi) is 4.50. The Hall–Kier alpha value is -0.870. The average Bonchev–Trinajstić information content (AvgIpc) is 2.63. The first-order chi connectivity index (χ1) is 7.44. The van der Waals surface area contributed by atoms with Gasteiger partial charge in [-0.05, 0) is 40.2 Å². The van der Waals surface area contributed by atoms with Crippen molar-refractivity contribution in [3.05, 3.63) is 18.0 Å². The van der Waals surface area contributed by atoms with Gasteiger partial charge in [0.25, 0.3) is 0 Å². The summed E-state index contributed by atoms with van der Waals surface area (Å²) >= 11 is 0. The molecule has 0 aliphatic rings. The molecule has 1 heterocycles. The summed E-state index contributed by atoms with van der Waals surface area (Å²) in [6, 6.07) is 2.43. The molecule has 0 spiro atoms. The summed E-state index contributed by atoms with van der Waals surface area (Å²) in [5.74, 6) is 0. The summed E-state index contributed by atoms with van der Waals surface area (Å²) in [7, 11) is 0. The van der Waals surface area contributed by atoms with Gasteiger partial charge in [0.1, 0.15) is 0 Å². The molecule has 0 aliphatic carbocycles. The second kappa shape index (κ2) is 5.46. The van der Waals surface area contributed by atoms with E-state index in [0.29, 0.717) is 6.04 Å². The van der Waals surface area contributed by atoms with Gasteiger partial charge < -0.3 is 10.4 Å². The molecule has 1 aromatic rings. The van der Waals surface area contributed by atoms with Crippen LogP contribution in [-0.2, 0) is 6.54 Å². The summed E-state index contributed by atoms with van der Waals surface area (Å²) in [6.07, 6.45) is 2.75. The van der Waals surface area contributed by atoms with Gasteiger partial charge in [-0.1, -0.05) is 0 Å². The fourth-order valence-corrected chi connectivity index (χ4v) is 1.46. The smallest absolute Gasteiger partial charge is 0.0762 e. The molecule has 0 aliphatic heterocycles. The average molecular weight is 225 g/mol. The number of aliphatic hydroxyl groups is 1. The molecule has 0 saturated heterocycles. The van der Waals surface area contributed by atoms with Crippen LogP contribution in [0.25, 0.3) is 0 Å². The van der Waals surface area contributed by atoms with E-state index in [9.17, 15) is 0 Å². The van der Waals surface area contributed by atoms with Crippen molar-refractivity contribution in [3.8, 4) is 0 Å². The molecule has 0 fully saturated rings. The molecule has 2 N–H and O–H groups in total. The highest BCUT2D eigenvalue weighted by Gasteiger charge is 2.16. The van der Waals surface area contributed by atoms with Gasteiger partial charge in [-0.15, -0.1) is 0 Å². The maximum atomic E-state index is 8.92. The minimum absolute atomic E-state index is 0.0453. The molecule has 16 heavy (non-hydrogen) atoms. The van der Waals surface area contributed by atoms with Crippen LogP contribution in [-0.4, -0.2) is 27.0 Å². The second-order valence-corrected chi connectivity index (χ2v) is 5.09. The lowest BCUT2D eigenvalue weighted by molar-refractivity contribution is 0.229. The van der Waals surface area contributed by atoms with Crippen LogP contribution in [0.2, 0.25) is 0 Å². The molecule has 0 saturated carbocycles. The zero-order valence-corrected chi connectivity index (χ0v) is 10.7. The van der Waals surface area contributed by atoms with Crippen molar-refractivity contribution in [2.75, 3.05) is 6.61 Å². The topological polar surface area (TPSA) is 50.1 Å². The van der Waals surface area contributed by atoms with Crippen LogP contribution in [0.3, 0.4) is 0 Å². The molecule has 0 atom stereocenters. The predicted molar refractivity (Wildman–Crippen MR) is 65.2 cm³/mol. The van der Waals surface area contributed by atoms with Crippen LogP contribution < -0.4 is 5.32 Å². The van der Waals surface area contributed by atoms with Gasteiger partial charge in [0.2, 0.25) is 0 Å². The zero-order valence-electron chi connectivity index (χ0n) is 10.7. The number of nitrogens with one attached hydrogen (secondary N) is 1. The van der Waals surface area contributed by atoms with Crippen molar-refractivity contribution in [1.82, 2.24) is 15.1 Å². The molecule has 4 heteroatoms. The number of aromatic nitrogens is 2. The van der Waals surface area contributed by atoms with Gasteiger partial charge in [-0.3, -0.25) is 4.68 Å². The number of hydrogen-bond acceptors (Lipinski definition) is 3. The van der Waals surface area contributed by atoms with Gasteiger partial charge in [0.15, 0.2) is 0 Å².